The number of nitrogens with zero attached hydrogens (tertiary/aromatic N) is 2. The van der Waals surface area contributed by atoms with Crippen molar-refractivity contribution in [2.24, 2.45) is 0 Å². The molecule has 0 spiro atoms. The van der Waals surface area contributed by atoms with Crippen molar-refractivity contribution in [1.82, 2.24) is 4.90 Å². The van der Waals surface area contributed by atoms with Crippen LogP contribution < -0.4 is 0 Å². The van der Waals surface area contributed by atoms with Crippen molar-refractivity contribution >= 4 is 17.3 Å². The van der Waals surface area contributed by atoms with Gasteiger partial charge in [-0.1, -0.05) is 29.8 Å². The second-order valence-corrected chi connectivity index (χ2v) is 6.05. The quantitative estimate of drug-likeness (QED) is 0.638. The lowest BCUT2D eigenvalue weighted by atomic mass is 10.0. The molecule has 1 aliphatic rings. The van der Waals surface area contributed by atoms with Gasteiger partial charge in [0.2, 0.25) is 0 Å². The number of fused-ring (bicyclic) bond motifs is 1. The zero-order chi connectivity index (χ0) is 15.5. The van der Waals surface area contributed by atoms with E-state index in [-0.39, 0.29) is 10.6 Å². The minimum Gasteiger partial charge on any atom is -0.298 e. The summed E-state index contributed by atoms with van der Waals surface area (Å²) in [6, 6.07) is 13.0. The first kappa shape index (κ1) is 15.0. The second kappa shape index (κ2) is 6.46. The largest absolute Gasteiger partial charge is 0.298 e. The third-order valence-electron chi connectivity index (χ3n) is 4.12. The van der Waals surface area contributed by atoms with Gasteiger partial charge in [0.25, 0.3) is 5.69 Å². The lowest BCUT2D eigenvalue weighted by Gasteiger charge is -2.19. The second-order valence-electron chi connectivity index (χ2n) is 5.61. The smallest absolute Gasteiger partial charge is 0.269 e. The fraction of sp³-hybridized carbons (Fsp3) is 0.294. The summed E-state index contributed by atoms with van der Waals surface area (Å²) in [5.41, 5.74) is 3.95. The lowest BCUT2D eigenvalue weighted by molar-refractivity contribution is -0.384. The molecule has 22 heavy (non-hydrogen) atoms. The molecule has 4 nitrogen and oxygen atoms in total. The van der Waals surface area contributed by atoms with E-state index in [0.29, 0.717) is 0 Å². The van der Waals surface area contributed by atoms with E-state index in [4.69, 9.17) is 11.6 Å². The molecule has 1 aliphatic heterocycles. The summed E-state index contributed by atoms with van der Waals surface area (Å²) in [6.45, 7) is 2.79. The Morgan fingerprint density at radius 2 is 1.73 bits per heavy atom. The minimum atomic E-state index is -0.365. The van der Waals surface area contributed by atoms with E-state index in [9.17, 15) is 10.1 Å². The van der Waals surface area contributed by atoms with Crippen LogP contribution in [0, 0.1) is 10.1 Å². The van der Waals surface area contributed by atoms with Gasteiger partial charge in [0.1, 0.15) is 0 Å². The highest BCUT2D eigenvalue weighted by Crippen LogP contribution is 2.21. The van der Waals surface area contributed by atoms with E-state index in [1.165, 1.54) is 11.1 Å². The Morgan fingerprint density at radius 1 is 1.05 bits per heavy atom. The molecule has 3 rings (SSSR count). The molecule has 114 valence electrons. The monoisotopic (exact) mass is 316 g/mol. The van der Waals surface area contributed by atoms with E-state index in [0.717, 1.165) is 43.1 Å². The van der Waals surface area contributed by atoms with Gasteiger partial charge in [-0.3, -0.25) is 15.0 Å². The van der Waals surface area contributed by atoms with Gasteiger partial charge in [0, 0.05) is 36.8 Å². The number of rotatable bonds is 3. The minimum absolute atomic E-state index is 0.140. The predicted octanol–water partition coefficient (Wildman–Crippen LogP) is 3.85. The zero-order valence-electron chi connectivity index (χ0n) is 12.2. The van der Waals surface area contributed by atoms with Gasteiger partial charge in [0.15, 0.2) is 0 Å². The lowest BCUT2D eigenvalue weighted by Crippen LogP contribution is -2.25. The van der Waals surface area contributed by atoms with Crippen LogP contribution in [0.2, 0.25) is 5.02 Å². The average Bonchev–Trinajstić information content (AvgIpc) is 2.70. The van der Waals surface area contributed by atoms with Crippen LogP contribution in [0.3, 0.4) is 0 Å². The number of benzene rings is 2. The van der Waals surface area contributed by atoms with E-state index < -0.39 is 0 Å². The Balaban J connectivity index is 1.66. The van der Waals surface area contributed by atoms with Crippen LogP contribution >= 0.6 is 11.6 Å². The maximum Gasteiger partial charge on any atom is 0.269 e. The molecular weight excluding hydrogens is 300 g/mol. The highest BCUT2D eigenvalue weighted by Gasteiger charge is 2.15. The molecule has 0 atom stereocenters. The molecule has 1 heterocycles. The van der Waals surface area contributed by atoms with Gasteiger partial charge < -0.3 is 0 Å². The number of hydrogen-bond acceptors (Lipinski definition) is 3. The van der Waals surface area contributed by atoms with Crippen molar-refractivity contribution in [1.29, 1.82) is 0 Å². The molecule has 5 heteroatoms. The maximum absolute atomic E-state index is 10.7. The van der Waals surface area contributed by atoms with E-state index >= 15 is 0 Å². The molecule has 0 bridgehead atoms. The molecule has 0 aliphatic carbocycles. The summed E-state index contributed by atoms with van der Waals surface area (Å²) in [4.78, 5) is 12.7. The van der Waals surface area contributed by atoms with Gasteiger partial charge in [-0.25, -0.2) is 0 Å². The molecule has 2 aromatic rings. The van der Waals surface area contributed by atoms with Crippen LogP contribution in [0.1, 0.15) is 16.7 Å². The Labute approximate surface area is 134 Å². The molecule has 0 N–H and O–H groups in total. The van der Waals surface area contributed by atoms with Crippen LogP contribution in [0.4, 0.5) is 5.69 Å². The fourth-order valence-corrected chi connectivity index (χ4v) is 3.07. The van der Waals surface area contributed by atoms with Gasteiger partial charge >= 0.3 is 0 Å². The van der Waals surface area contributed by atoms with E-state index in [1.807, 2.05) is 18.2 Å². The molecule has 2 aromatic carbocycles. The molecular formula is C17H17ClN2O2. The summed E-state index contributed by atoms with van der Waals surface area (Å²) in [5, 5.41) is 11.5. The summed E-state index contributed by atoms with van der Waals surface area (Å²) in [5.74, 6) is 0. The SMILES string of the molecule is O=[N+]([O-])c1ccc(CN2CCc3ccc(Cl)cc3CC2)cc1. The standard InChI is InChI=1S/C17H17ClN2O2/c18-16-4-3-14-7-9-19(10-8-15(14)11-16)12-13-1-5-17(6-2-13)20(21)22/h1-6,11H,7-10,12H2. The first-order valence-corrected chi connectivity index (χ1v) is 7.72. The van der Waals surface area contributed by atoms with E-state index in [1.54, 1.807) is 12.1 Å². The molecule has 0 aromatic heterocycles. The first-order chi connectivity index (χ1) is 10.6. The first-order valence-electron chi connectivity index (χ1n) is 7.35. The third-order valence-corrected chi connectivity index (χ3v) is 4.35. The number of non-ortho nitro benzene ring substituents is 1. The summed E-state index contributed by atoms with van der Waals surface area (Å²) < 4.78 is 0. The van der Waals surface area contributed by atoms with Crippen LogP contribution in [0.25, 0.3) is 0 Å². The zero-order valence-corrected chi connectivity index (χ0v) is 12.9. The number of nitro groups is 1. The summed E-state index contributed by atoms with van der Waals surface area (Å²) in [7, 11) is 0. The van der Waals surface area contributed by atoms with Crippen molar-refractivity contribution in [2.75, 3.05) is 13.1 Å². The Morgan fingerprint density at radius 3 is 2.41 bits per heavy atom. The molecule has 0 amide bonds. The van der Waals surface area contributed by atoms with Gasteiger partial charge in [0.05, 0.1) is 4.92 Å². The summed E-state index contributed by atoms with van der Waals surface area (Å²) >= 11 is 6.07. The Bertz CT molecular complexity index is 686. The highest BCUT2D eigenvalue weighted by molar-refractivity contribution is 6.30. The predicted molar refractivity (Wildman–Crippen MR) is 87.2 cm³/mol. The third kappa shape index (κ3) is 3.46. The fourth-order valence-electron chi connectivity index (χ4n) is 2.88. The molecule has 0 unspecified atom stereocenters. The number of halogens is 1. The van der Waals surface area contributed by atoms with Crippen LogP contribution in [-0.4, -0.2) is 22.9 Å². The van der Waals surface area contributed by atoms with Gasteiger partial charge in [-0.2, -0.15) is 0 Å². The number of nitro benzene ring substituents is 1. The normalized spacial score (nSPS) is 15.1. The van der Waals surface area contributed by atoms with Gasteiger partial charge in [-0.05, 0) is 41.7 Å². The Hall–Kier alpha value is -1.91. The molecule has 0 saturated heterocycles. The van der Waals surface area contributed by atoms with E-state index in [2.05, 4.69) is 17.0 Å². The average molecular weight is 317 g/mol. The topological polar surface area (TPSA) is 46.4 Å². The maximum atomic E-state index is 10.7. The molecule has 0 fully saturated rings. The van der Waals surface area contributed by atoms with Crippen molar-refractivity contribution in [3.8, 4) is 0 Å². The molecule has 0 radical (unpaired) electrons. The van der Waals surface area contributed by atoms with Crippen molar-refractivity contribution in [3.05, 3.63) is 74.3 Å². The van der Waals surface area contributed by atoms with Crippen LogP contribution in [0.5, 0.6) is 0 Å². The number of hydrogen-bond donors (Lipinski definition) is 0. The van der Waals surface area contributed by atoms with Crippen LogP contribution in [0.15, 0.2) is 42.5 Å². The van der Waals surface area contributed by atoms with Gasteiger partial charge in [-0.15, -0.1) is 0 Å². The summed E-state index contributed by atoms with van der Waals surface area (Å²) in [6.07, 6.45) is 2.00. The van der Waals surface area contributed by atoms with Crippen molar-refractivity contribution < 1.29 is 4.92 Å². The van der Waals surface area contributed by atoms with Crippen molar-refractivity contribution in [3.63, 3.8) is 0 Å². The van der Waals surface area contributed by atoms with Crippen LogP contribution in [-0.2, 0) is 19.4 Å². The highest BCUT2D eigenvalue weighted by atomic mass is 35.5. The Kier molecular flexibility index (Phi) is 4.41. The van der Waals surface area contributed by atoms with Crippen molar-refractivity contribution in [2.45, 2.75) is 19.4 Å². The molecule has 0 saturated carbocycles.